The van der Waals surface area contributed by atoms with E-state index in [1.807, 2.05) is 37.4 Å². The van der Waals surface area contributed by atoms with Crippen LogP contribution in [-0.2, 0) is 0 Å². The number of amides is 1. The number of rotatable bonds is 3. The predicted molar refractivity (Wildman–Crippen MR) is 82.2 cm³/mol. The van der Waals surface area contributed by atoms with Gasteiger partial charge in [-0.1, -0.05) is 18.2 Å². The summed E-state index contributed by atoms with van der Waals surface area (Å²) >= 11 is 0. The molecule has 2 N–H and O–H groups in total. The fraction of sp³-hybridized carbons (Fsp3) is 0.0625. The van der Waals surface area contributed by atoms with Crippen molar-refractivity contribution in [3.05, 3.63) is 66.1 Å². The average molecular weight is 278 g/mol. The van der Waals surface area contributed by atoms with E-state index < -0.39 is 0 Å². The van der Waals surface area contributed by atoms with Gasteiger partial charge in [0.25, 0.3) is 5.91 Å². The molecule has 5 heteroatoms. The summed E-state index contributed by atoms with van der Waals surface area (Å²) in [6, 6.07) is 11.4. The number of aromatic nitrogens is 2. The predicted octanol–water partition coefficient (Wildman–Crippen LogP) is 2.72. The Morgan fingerprint density at radius 2 is 2.10 bits per heavy atom. The first-order valence-electron chi connectivity index (χ1n) is 6.57. The topological polar surface area (TPSA) is 70.1 Å². The minimum absolute atomic E-state index is 0.276. The molecule has 0 aliphatic carbocycles. The summed E-state index contributed by atoms with van der Waals surface area (Å²) in [5.41, 5.74) is 5.78. The van der Waals surface area contributed by atoms with Crippen LogP contribution in [0.5, 0.6) is 0 Å². The van der Waals surface area contributed by atoms with Crippen molar-refractivity contribution in [3.8, 4) is 0 Å². The zero-order valence-electron chi connectivity index (χ0n) is 11.5. The van der Waals surface area contributed by atoms with Crippen molar-refractivity contribution in [1.82, 2.24) is 15.4 Å². The molecular weight excluding hydrogens is 264 g/mol. The third-order valence-electron chi connectivity index (χ3n) is 3.23. The maximum atomic E-state index is 11.9. The Kier molecular flexibility index (Phi) is 3.47. The molecule has 0 unspecified atom stereocenters. The molecule has 2 aromatic heterocycles. The number of fused-ring (bicyclic) bond motifs is 1. The molecule has 3 aromatic rings. The van der Waals surface area contributed by atoms with E-state index in [1.165, 1.54) is 6.20 Å². The highest BCUT2D eigenvalue weighted by atomic mass is 16.2. The van der Waals surface area contributed by atoms with Gasteiger partial charge < -0.3 is 4.98 Å². The van der Waals surface area contributed by atoms with Gasteiger partial charge in [0.1, 0.15) is 0 Å². The van der Waals surface area contributed by atoms with Crippen LogP contribution >= 0.6 is 0 Å². The second-order valence-electron chi connectivity index (χ2n) is 4.63. The summed E-state index contributed by atoms with van der Waals surface area (Å²) in [6.07, 6.45) is 5.02. The molecule has 0 fully saturated rings. The van der Waals surface area contributed by atoms with Gasteiger partial charge in [0.15, 0.2) is 0 Å². The van der Waals surface area contributed by atoms with E-state index in [9.17, 15) is 4.79 Å². The van der Waals surface area contributed by atoms with E-state index >= 15 is 0 Å². The van der Waals surface area contributed by atoms with E-state index in [-0.39, 0.29) is 5.91 Å². The number of hydrazone groups is 1. The van der Waals surface area contributed by atoms with Crippen LogP contribution < -0.4 is 5.43 Å². The lowest BCUT2D eigenvalue weighted by Crippen LogP contribution is -2.19. The van der Waals surface area contributed by atoms with Gasteiger partial charge in [-0.25, -0.2) is 5.43 Å². The molecule has 0 saturated heterocycles. The molecule has 0 radical (unpaired) electrons. The number of carbonyl (C=O) groups excluding carboxylic acids is 1. The Labute approximate surface area is 121 Å². The van der Waals surface area contributed by atoms with Crippen molar-refractivity contribution in [3.63, 3.8) is 0 Å². The number of pyridine rings is 1. The van der Waals surface area contributed by atoms with Crippen molar-refractivity contribution in [2.24, 2.45) is 5.10 Å². The quantitative estimate of drug-likeness (QED) is 0.571. The van der Waals surface area contributed by atoms with Crippen LogP contribution in [0.15, 0.2) is 60.1 Å². The van der Waals surface area contributed by atoms with E-state index in [2.05, 4.69) is 20.5 Å². The molecular formula is C16H14N4O. The molecule has 21 heavy (non-hydrogen) atoms. The van der Waals surface area contributed by atoms with Crippen LogP contribution in [-0.4, -0.2) is 21.6 Å². The first-order chi connectivity index (χ1) is 10.3. The van der Waals surface area contributed by atoms with Crippen molar-refractivity contribution < 1.29 is 4.79 Å². The third kappa shape index (κ3) is 2.67. The van der Waals surface area contributed by atoms with Gasteiger partial charge in [0.05, 0.1) is 11.3 Å². The molecule has 0 spiro atoms. The Morgan fingerprint density at radius 1 is 1.24 bits per heavy atom. The average Bonchev–Trinajstić information content (AvgIpc) is 2.97. The van der Waals surface area contributed by atoms with Gasteiger partial charge in [-0.2, -0.15) is 5.10 Å². The number of nitrogens with one attached hydrogen (secondary N) is 2. The minimum atomic E-state index is -0.276. The summed E-state index contributed by atoms with van der Waals surface area (Å²) in [4.78, 5) is 19.0. The second kappa shape index (κ2) is 5.58. The Hall–Kier alpha value is -2.95. The second-order valence-corrected chi connectivity index (χ2v) is 4.63. The Bertz CT molecular complexity index is 805. The first-order valence-corrected chi connectivity index (χ1v) is 6.57. The fourth-order valence-electron chi connectivity index (χ4n) is 2.13. The Morgan fingerprint density at radius 3 is 2.90 bits per heavy atom. The largest absolute Gasteiger partial charge is 0.360 e. The molecule has 1 aromatic carbocycles. The highest BCUT2D eigenvalue weighted by molar-refractivity contribution is 6.10. The van der Waals surface area contributed by atoms with Crippen molar-refractivity contribution in [2.75, 3.05) is 0 Å². The molecule has 3 rings (SSSR count). The highest BCUT2D eigenvalue weighted by Gasteiger charge is 2.07. The molecule has 104 valence electrons. The zero-order chi connectivity index (χ0) is 14.7. The maximum Gasteiger partial charge on any atom is 0.272 e. The van der Waals surface area contributed by atoms with Crippen LogP contribution in [0.2, 0.25) is 0 Å². The number of hydrogen-bond donors (Lipinski definition) is 2. The van der Waals surface area contributed by atoms with Crippen LogP contribution in [0, 0.1) is 0 Å². The molecule has 0 saturated carbocycles. The van der Waals surface area contributed by atoms with Crippen LogP contribution in [0.3, 0.4) is 0 Å². The van der Waals surface area contributed by atoms with Crippen molar-refractivity contribution in [1.29, 1.82) is 0 Å². The lowest BCUT2D eigenvalue weighted by molar-refractivity contribution is 0.0954. The summed E-state index contributed by atoms with van der Waals surface area (Å²) in [5, 5.41) is 5.24. The lowest BCUT2D eigenvalue weighted by atomic mass is 10.1. The number of H-pyrrole nitrogens is 1. The van der Waals surface area contributed by atoms with E-state index in [0.29, 0.717) is 5.56 Å². The molecule has 5 nitrogen and oxygen atoms in total. The monoisotopic (exact) mass is 278 g/mol. The van der Waals surface area contributed by atoms with Crippen LogP contribution in [0.4, 0.5) is 0 Å². The number of para-hydroxylation sites is 1. The summed E-state index contributed by atoms with van der Waals surface area (Å²) in [5.74, 6) is -0.276. The number of carbonyl (C=O) groups is 1. The maximum absolute atomic E-state index is 11.9. The fourth-order valence-corrected chi connectivity index (χ4v) is 2.13. The molecule has 0 aliphatic rings. The van der Waals surface area contributed by atoms with Gasteiger partial charge in [-0.15, -0.1) is 0 Å². The van der Waals surface area contributed by atoms with Gasteiger partial charge in [-0.3, -0.25) is 9.78 Å². The van der Waals surface area contributed by atoms with E-state index in [4.69, 9.17) is 0 Å². The standard InChI is InChI=1S/C16H14N4O/c1-11(14-10-18-15-7-3-2-6-13(14)15)19-20-16(21)12-5-4-8-17-9-12/h2-10,18H,1H3,(H,20,21). The van der Waals surface area contributed by atoms with E-state index in [0.717, 1.165) is 22.2 Å². The summed E-state index contributed by atoms with van der Waals surface area (Å²) in [6.45, 7) is 1.86. The highest BCUT2D eigenvalue weighted by Crippen LogP contribution is 2.18. The SMILES string of the molecule is CC(=NNC(=O)c1cccnc1)c1c[nH]c2ccccc12. The molecule has 0 bridgehead atoms. The van der Waals surface area contributed by atoms with Gasteiger partial charge >= 0.3 is 0 Å². The first kappa shape index (κ1) is 13.1. The molecule has 0 atom stereocenters. The van der Waals surface area contributed by atoms with E-state index in [1.54, 1.807) is 18.3 Å². The van der Waals surface area contributed by atoms with Crippen molar-refractivity contribution in [2.45, 2.75) is 6.92 Å². The zero-order valence-corrected chi connectivity index (χ0v) is 11.5. The lowest BCUT2D eigenvalue weighted by Gasteiger charge is -2.01. The van der Waals surface area contributed by atoms with Gasteiger partial charge in [0.2, 0.25) is 0 Å². The summed E-state index contributed by atoms with van der Waals surface area (Å²) < 4.78 is 0. The smallest absolute Gasteiger partial charge is 0.272 e. The van der Waals surface area contributed by atoms with Crippen LogP contribution in [0.1, 0.15) is 22.8 Å². The normalized spacial score (nSPS) is 11.6. The minimum Gasteiger partial charge on any atom is -0.360 e. The number of benzene rings is 1. The summed E-state index contributed by atoms with van der Waals surface area (Å²) in [7, 11) is 0. The van der Waals surface area contributed by atoms with Crippen LogP contribution in [0.25, 0.3) is 10.9 Å². The van der Waals surface area contributed by atoms with Gasteiger partial charge in [-0.05, 0) is 25.1 Å². The molecule has 2 heterocycles. The molecule has 1 amide bonds. The molecule has 0 aliphatic heterocycles. The third-order valence-corrected chi connectivity index (χ3v) is 3.23. The number of aromatic amines is 1. The van der Waals surface area contributed by atoms with Crippen molar-refractivity contribution >= 4 is 22.5 Å². The number of hydrogen-bond acceptors (Lipinski definition) is 3. The van der Waals surface area contributed by atoms with Gasteiger partial charge in [0, 0.05) is 35.1 Å². The number of nitrogens with zero attached hydrogens (tertiary/aromatic N) is 2. The Balaban J connectivity index is 1.82.